The zero-order valence-corrected chi connectivity index (χ0v) is 9.57. The third-order valence-electron chi connectivity index (χ3n) is 2.48. The van der Waals surface area contributed by atoms with Gasteiger partial charge in [0.15, 0.2) is 0 Å². The Labute approximate surface area is 93.6 Å². The van der Waals surface area contributed by atoms with E-state index in [-0.39, 0.29) is 5.97 Å². The summed E-state index contributed by atoms with van der Waals surface area (Å²) in [5.74, 6) is 0.830. The van der Waals surface area contributed by atoms with Crippen molar-refractivity contribution >= 4 is 17.0 Å². The van der Waals surface area contributed by atoms with Gasteiger partial charge in [-0.15, -0.1) is 0 Å². The summed E-state index contributed by atoms with van der Waals surface area (Å²) < 4.78 is 4.72. The molecular formula is C12H14N2O2. The summed E-state index contributed by atoms with van der Waals surface area (Å²) in [6.07, 6.45) is 0. The van der Waals surface area contributed by atoms with Crippen molar-refractivity contribution in [3.8, 4) is 0 Å². The molecule has 0 atom stereocenters. The molecule has 2 aromatic rings. The summed E-state index contributed by atoms with van der Waals surface area (Å²) in [5, 5.41) is 0. The number of aromatic nitrogens is 2. The number of nitrogens with zero attached hydrogens (tertiary/aromatic N) is 1. The predicted molar refractivity (Wildman–Crippen MR) is 61.5 cm³/mol. The molecule has 0 bridgehead atoms. The molecule has 0 fully saturated rings. The second-order valence-electron chi connectivity index (χ2n) is 3.97. The monoisotopic (exact) mass is 218 g/mol. The lowest BCUT2D eigenvalue weighted by Crippen LogP contribution is -2.01. The minimum atomic E-state index is -0.354. The second-order valence-corrected chi connectivity index (χ2v) is 3.97. The molecule has 0 saturated carbocycles. The van der Waals surface area contributed by atoms with Gasteiger partial charge in [-0.25, -0.2) is 9.78 Å². The molecule has 0 aliphatic rings. The Kier molecular flexibility index (Phi) is 2.64. The molecule has 2 rings (SSSR count). The highest BCUT2D eigenvalue weighted by Gasteiger charge is 2.14. The van der Waals surface area contributed by atoms with E-state index in [4.69, 9.17) is 4.74 Å². The van der Waals surface area contributed by atoms with Gasteiger partial charge in [-0.2, -0.15) is 0 Å². The molecule has 0 aliphatic carbocycles. The number of para-hydroxylation sites is 1. The van der Waals surface area contributed by atoms with E-state index in [1.807, 2.05) is 12.1 Å². The molecule has 0 unspecified atom stereocenters. The van der Waals surface area contributed by atoms with Crippen LogP contribution in [0.1, 0.15) is 35.9 Å². The highest BCUT2D eigenvalue weighted by atomic mass is 16.5. The maximum atomic E-state index is 11.5. The Morgan fingerprint density at radius 3 is 2.81 bits per heavy atom. The molecule has 1 heterocycles. The first-order valence-corrected chi connectivity index (χ1v) is 5.20. The van der Waals surface area contributed by atoms with Crippen LogP contribution in [0, 0.1) is 0 Å². The Bertz CT molecular complexity index is 529. The second kappa shape index (κ2) is 3.96. The van der Waals surface area contributed by atoms with Gasteiger partial charge in [-0.3, -0.25) is 0 Å². The molecule has 0 saturated heterocycles. The van der Waals surface area contributed by atoms with Gasteiger partial charge in [-0.1, -0.05) is 19.9 Å². The number of carbonyl (C=O) groups is 1. The van der Waals surface area contributed by atoms with E-state index in [9.17, 15) is 4.79 Å². The standard InChI is InChI=1S/C12H14N2O2/c1-7(2)11-13-9-6-4-5-8(10(9)14-11)12(15)16-3/h4-7H,1-3H3,(H,13,14). The lowest BCUT2D eigenvalue weighted by atomic mass is 10.2. The highest BCUT2D eigenvalue weighted by Crippen LogP contribution is 2.20. The summed E-state index contributed by atoms with van der Waals surface area (Å²) in [7, 11) is 1.37. The zero-order chi connectivity index (χ0) is 11.7. The number of imidazole rings is 1. The molecule has 4 heteroatoms. The fourth-order valence-electron chi connectivity index (χ4n) is 1.60. The van der Waals surface area contributed by atoms with Crippen molar-refractivity contribution in [2.75, 3.05) is 7.11 Å². The summed E-state index contributed by atoms with van der Waals surface area (Å²) in [6, 6.07) is 5.44. The number of hydrogen-bond donors (Lipinski definition) is 1. The lowest BCUT2D eigenvalue weighted by Gasteiger charge is -1.98. The first-order chi connectivity index (χ1) is 7.63. The summed E-state index contributed by atoms with van der Waals surface area (Å²) in [6.45, 7) is 4.10. The van der Waals surface area contributed by atoms with Crippen molar-refractivity contribution in [2.45, 2.75) is 19.8 Å². The van der Waals surface area contributed by atoms with E-state index in [2.05, 4.69) is 23.8 Å². The maximum absolute atomic E-state index is 11.5. The van der Waals surface area contributed by atoms with E-state index in [0.717, 1.165) is 11.3 Å². The number of benzene rings is 1. The Morgan fingerprint density at radius 1 is 1.44 bits per heavy atom. The zero-order valence-electron chi connectivity index (χ0n) is 9.57. The molecule has 84 valence electrons. The number of aromatic amines is 1. The van der Waals surface area contributed by atoms with Gasteiger partial charge in [0.25, 0.3) is 0 Å². The summed E-state index contributed by atoms with van der Waals surface area (Å²) >= 11 is 0. The van der Waals surface area contributed by atoms with Gasteiger partial charge in [-0.05, 0) is 12.1 Å². The lowest BCUT2D eigenvalue weighted by molar-refractivity contribution is 0.0603. The van der Waals surface area contributed by atoms with Crippen LogP contribution in [-0.2, 0) is 4.74 Å². The number of methoxy groups -OCH3 is 1. The number of rotatable bonds is 2. The van der Waals surface area contributed by atoms with Crippen molar-refractivity contribution in [1.82, 2.24) is 9.97 Å². The SMILES string of the molecule is COC(=O)c1cccc2[nH]c(C(C)C)nc12. The summed E-state index contributed by atoms with van der Waals surface area (Å²) in [4.78, 5) is 19.2. The van der Waals surface area contributed by atoms with Gasteiger partial charge in [0, 0.05) is 5.92 Å². The van der Waals surface area contributed by atoms with E-state index in [1.54, 1.807) is 6.07 Å². The number of ether oxygens (including phenoxy) is 1. The van der Waals surface area contributed by atoms with E-state index in [1.165, 1.54) is 7.11 Å². The van der Waals surface area contributed by atoms with Gasteiger partial charge in [0.2, 0.25) is 0 Å². The van der Waals surface area contributed by atoms with Crippen molar-refractivity contribution in [2.24, 2.45) is 0 Å². The molecule has 0 amide bonds. The van der Waals surface area contributed by atoms with Crippen LogP contribution in [0.4, 0.5) is 0 Å². The van der Waals surface area contributed by atoms with E-state index < -0.39 is 0 Å². The molecule has 16 heavy (non-hydrogen) atoms. The smallest absolute Gasteiger partial charge is 0.340 e. The number of fused-ring (bicyclic) bond motifs is 1. The average molecular weight is 218 g/mol. The van der Waals surface area contributed by atoms with Gasteiger partial charge in [0.05, 0.1) is 18.2 Å². The normalized spacial score (nSPS) is 11.0. The largest absolute Gasteiger partial charge is 0.465 e. The average Bonchev–Trinajstić information content (AvgIpc) is 2.71. The third kappa shape index (κ3) is 1.66. The molecule has 1 aromatic carbocycles. The molecule has 0 radical (unpaired) electrons. The van der Waals surface area contributed by atoms with Gasteiger partial charge >= 0.3 is 5.97 Å². The number of carbonyl (C=O) groups excluding carboxylic acids is 1. The molecule has 4 nitrogen and oxygen atoms in total. The number of nitrogens with one attached hydrogen (secondary N) is 1. The fraction of sp³-hybridized carbons (Fsp3) is 0.333. The van der Waals surface area contributed by atoms with Crippen LogP contribution in [0.25, 0.3) is 11.0 Å². The minimum absolute atomic E-state index is 0.304. The molecular weight excluding hydrogens is 204 g/mol. The topological polar surface area (TPSA) is 55.0 Å². The Morgan fingerprint density at radius 2 is 2.19 bits per heavy atom. The first kappa shape index (κ1) is 10.7. The van der Waals surface area contributed by atoms with Crippen molar-refractivity contribution in [3.63, 3.8) is 0 Å². The Hall–Kier alpha value is -1.84. The maximum Gasteiger partial charge on any atom is 0.340 e. The number of esters is 1. The Balaban J connectivity index is 2.63. The quantitative estimate of drug-likeness (QED) is 0.788. The minimum Gasteiger partial charge on any atom is -0.465 e. The predicted octanol–water partition coefficient (Wildman–Crippen LogP) is 2.47. The van der Waals surface area contributed by atoms with Gasteiger partial charge in [0.1, 0.15) is 11.3 Å². The van der Waals surface area contributed by atoms with Crippen LogP contribution in [0.15, 0.2) is 18.2 Å². The first-order valence-electron chi connectivity index (χ1n) is 5.20. The third-order valence-corrected chi connectivity index (χ3v) is 2.48. The van der Waals surface area contributed by atoms with E-state index >= 15 is 0 Å². The highest BCUT2D eigenvalue weighted by molar-refractivity contribution is 6.01. The van der Waals surface area contributed by atoms with Crippen LogP contribution < -0.4 is 0 Å². The van der Waals surface area contributed by atoms with Crippen molar-refractivity contribution in [3.05, 3.63) is 29.6 Å². The van der Waals surface area contributed by atoms with E-state index in [0.29, 0.717) is 17.0 Å². The number of hydrogen-bond acceptors (Lipinski definition) is 3. The van der Waals surface area contributed by atoms with Crippen molar-refractivity contribution in [1.29, 1.82) is 0 Å². The molecule has 0 aliphatic heterocycles. The van der Waals surface area contributed by atoms with Crippen molar-refractivity contribution < 1.29 is 9.53 Å². The van der Waals surface area contributed by atoms with Crippen LogP contribution in [0.3, 0.4) is 0 Å². The molecule has 1 N–H and O–H groups in total. The molecule has 0 spiro atoms. The number of H-pyrrole nitrogens is 1. The van der Waals surface area contributed by atoms with Crippen LogP contribution >= 0.6 is 0 Å². The van der Waals surface area contributed by atoms with Crippen LogP contribution in [-0.4, -0.2) is 23.0 Å². The van der Waals surface area contributed by atoms with Crippen LogP contribution in [0.2, 0.25) is 0 Å². The molecule has 1 aromatic heterocycles. The van der Waals surface area contributed by atoms with Crippen LogP contribution in [0.5, 0.6) is 0 Å². The van der Waals surface area contributed by atoms with Gasteiger partial charge < -0.3 is 9.72 Å². The summed E-state index contributed by atoms with van der Waals surface area (Å²) in [5.41, 5.74) is 2.05. The fourth-order valence-corrected chi connectivity index (χ4v) is 1.60.